The van der Waals surface area contributed by atoms with Crippen molar-refractivity contribution in [1.29, 1.82) is 0 Å². The van der Waals surface area contributed by atoms with Crippen molar-refractivity contribution in [3.05, 3.63) is 73.8 Å². The minimum atomic E-state index is -0.981. The van der Waals surface area contributed by atoms with Gasteiger partial charge in [-0.2, -0.15) is 0 Å². The van der Waals surface area contributed by atoms with Gasteiger partial charge in [0.15, 0.2) is 5.69 Å². The second-order valence-electron chi connectivity index (χ2n) is 6.40. The van der Waals surface area contributed by atoms with Crippen LogP contribution in [0.5, 0.6) is 0 Å². The average Bonchev–Trinajstić information content (AvgIpc) is 2.68. The minimum absolute atomic E-state index is 0.0870. The molecule has 0 atom stereocenters. The Bertz CT molecular complexity index is 878. The molecule has 1 aliphatic rings. The zero-order chi connectivity index (χ0) is 20.3. The van der Waals surface area contributed by atoms with E-state index in [0.29, 0.717) is 26.2 Å². The molecule has 0 aliphatic carbocycles. The Balaban J connectivity index is 1.86. The number of carbonyl (C=O) groups excluding carboxylic acids is 1. The molecule has 1 aliphatic heterocycles. The fraction of sp³-hybridized carbons (Fsp3) is 0.278. The highest BCUT2D eigenvalue weighted by Crippen LogP contribution is 2.39. The molecule has 9 nitrogen and oxygen atoms in total. The van der Waals surface area contributed by atoms with Crippen LogP contribution in [0.4, 0.5) is 17.1 Å². The second-order valence-corrected chi connectivity index (χ2v) is 6.74. The molecule has 0 N–H and O–H groups in total. The van der Waals surface area contributed by atoms with Crippen LogP contribution in [0.25, 0.3) is 0 Å². The van der Waals surface area contributed by atoms with Crippen LogP contribution >= 0.6 is 11.6 Å². The Labute approximate surface area is 165 Å². The van der Waals surface area contributed by atoms with Crippen molar-refractivity contribution in [2.24, 2.45) is 0 Å². The lowest BCUT2D eigenvalue weighted by atomic mass is 10.1. The first-order valence-corrected chi connectivity index (χ1v) is 8.92. The summed E-state index contributed by atoms with van der Waals surface area (Å²) in [6, 6.07) is 11.9. The summed E-state index contributed by atoms with van der Waals surface area (Å²) in [6.07, 6.45) is 0. The van der Waals surface area contributed by atoms with Gasteiger partial charge in [0.1, 0.15) is 0 Å². The molecular weight excluding hydrogens is 388 g/mol. The number of nitro benzene ring substituents is 2. The fourth-order valence-corrected chi connectivity index (χ4v) is 3.40. The van der Waals surface area contributed by atoms with Gasteiger partial charge in [-0.15, -0.1) is 0 Å². The molecule has 0 bridgehead atoms. The number of nitrogens with zero attached hydrogens (tertiary/aromatic N) is 4. The third-order valence-electron chi connectivity index (χ3n) is 4.63. The number of hydrogen-bond acceptors (Lipinski definition) is 7. The summed E-state index contributed by atoms with van der Waals surface area (Å²) in [5.41, 5.74) is -0.190. The van der Waals surface area contributed by atoms with Crippen molar-refractivity contribution in [3.63, 3.8) is 0 Å². The van der Waals surface area contributed by atoms with Crippen molar-refractivity contribution in [1.82, 2.24) is 4.90 Å². The van der Waals surface area contributed by atoms with Gasteiger partial charge in [0, 0.05) is 50.4 Å². The van der Waals surface area contributed by atoms with Gasteiger partial charge in [-0.25, -0.2) is 0 Å². The van der Waals surface area contributed by atoms with Gasteiger partial charge in [0.25, 0.3) is 16.6 Å². The Morgan fingerprint density at radius 3 is 1.96 bits per heavy atom. The summed E-state index contributed by atoms with van der Waals surface area (Å²) < 4.78 is 0. The monoisotopic (exact) mass is 404 g/mol. The SMILES string of the molecule is O=C(Cl)c1cc([N+](=O)[O-])c(N2CCN(Cc3ccccc3)CC2)c([N+](=O)[O-])c1. The predicted octanol–water partition coefficient (Wildman–Crippen LogP) is 3.20. The van der Waals surface area contributed by atoms with E-state index in [1.54, 1.807) is 4.90 Å². The van der Waals surface area contributed by atoms with Gasteiger partial charge in [-0.1, -0.05) is 30.3 Å². The van der Waals surface area contributed by atoms with Gasteiger partial charge in [0.2, 0.25) is 0 Å². The number of benzene rings is 2. The third-order valence-corrected chi connectivity index (χ3v) is 4.85. The maximum absolute atomic E-state index is 11.5. The normalized spacial score (nSPS) is 14.7. The number of halogens is 1. The van der Waals surface area contributed by atoms with Gasteiger partial charge < -0.3 is 4.90 Å². The van der Waals surface area contributed by atoms with Crippen LogP contribution in [0.3, 0.4) is 0 Å². The number of carbonyl (C=O) groups is 1. The van der Waals surface area contributed by atoms with Crippen molar-refractivity contribution >= 4 is 33.9 Å². The van der Waals surface area contributed by atoms with Gasteiger partial charge in [-0.05, 0) is 17.2 Å². The molecular formula is C18H17ClN4O5. The van der Waals surface area contributed by atoms with Crippen LogP contribution in [0.15, 0.2) is 42.5 Å². The molecule has 0 spiro atoms. The lowest BCUT2D eigenvalue weighted by molar-refractivity contribution is -0.392. The van der Waals surface area contributed by atoms with Crippen LogP contribution in [-0.2, 0) is 6.54 Å². The summed E-state index contributed by atoms with van der Waals surface area (Å²) in [7, 11) is 0. The molecule has 146 valence electrons. The highest BCUT2D eigenvalue weighted by molar-refractivity contribution is 6.67. The quantitative estimate of drug-likeness (QED) is 0.413. The summed E-state index contributed by atoms with van der Waals surface area (Å²) in [5, 5.41) is 22.0. The number of hydrogen-bond donors (Lipinski definition) is 0. The standard InChI is InChI=1S/C18H17ClN4O5/c19-18(24)14-10-15(22(25)26)17(16(11-14)23(27)28)21-8-6-20(7-9-21)12-13-4-2-1-3-5-13/h1-5,10-11H,6-9,12H2. The first-order valence-electron chi connectivity index (χ1n) is 8.54. The number of anilines is 1. The van der Waals surface area contributed by atoms with E-state index in [1.807, 2.05) is 30.3 Å². The Hall–Kier alpha value is -3.04. The van der Waals surface area contributed by atoms with Crippen molar-refractivity contribution in [3.8, 4) is 0 Å². The molecule has 28 heavy (non-hydrogen) atoms. The van der Waals surface area contributed by atoms with Gasteiger partial charge in [-0.3, -0.25) is 29.9 Å². The van der Waals surface area contributed by atoms with E-state index in [9.17, 15) is 25.0 Å². The Morgan fingerprint density at radius 1 is 0.964 bits per heavy atom. The molecule has 0 aromatic heterocycles. The topological polar surface area (TPSA) is 110 Å². The summed E-state index contributed by atoms with van der Waals surface area (Å²) in [5.74, 6) is 0. The zero-order valence-electron chi connectivity index (χ0n) is 14.8. The molecule has 3 rings (SSSR count). The third kappa shape index (κ3) is 4.26. The first-order chi connectivity index (χ1) is 13.4. The van der Waals surface area contributed by atoms with E-state index < -0.39 is 26.5 Å². The largest absolute Gasteiger partial charge is 0.358 e. The van der Waals surface area contributed by atoms with Crippen molar-refractivity contribution < 1.29 is 14.6 Å². The highest BCUT2D eigenvalue weighted by atomic mass is 35.5. The molecule has 1 fully saturated rings. The van der Waals surface area contributed by atoms with Gasteiger partial charge >= 0.3 is 0 Å². The molecule has 1 saturated heterocycles. The maximum atomic E-state index is 11.5. The molecule has 0 saturated carbocycles. The van der Waals surface area contributed by atoms with E-state index in [2.05, 4.69) is 4.90 Å². The number of nitro groups is 2. The van der Waals surface area contributed by atoms with E-state index in [1.165, 1.54) is 0 Å². The molecule has 0 radical (unpaired) electrons. The molecule has 2 aromatic carbocycles. The molecule has 10 heteroatoms. The molecule has 2 aromatic rings. The smallest absolute Gasteiger partial charge is 0.300 e. The first kappa shape index (κ1) is 19.7. The van der Waals surface area contributed by atoms with Crippen molar-refractivity contribution in [2.45, 2.75) is 6.54 Å². The summed E-state index contributed by atoms with van der Waals surface area (Å²) >= 11 is 5.39. The predicted molar refractivity (Wildman–Crippen MR) is 104 cm³/mol. The number of rotatable bonds is 6. The Morgan fingerprint density at radius 2 is 1.50 bits per heavy atom. The van der Waals surface area contributed by atoms with Crippen LogP contribution in [0.2, 0.25) is 0 Å². The van der Waals surface area contributed by atoms with Crippen LogP contribution < -0.4 is 4.90 Å². The molecule has 0 unspecified atom stereocenters. The minimum Gasteiger partial charge on any atom is -0.358 e. The second kappa shape index (κ2) is 8.32. The van der Waals surface area contributed by atoms with E-state index in [4.69, 9.17) is 11.6 Å². The Kier molecular flexibility index (Phi) is 5.86. The van der Waals surface area contributed by atoms with E-state index in [-0.39, 0.29) is 11.3 Å². The maximum Gasteiger partial charge on any atom is 0.300 e. The number of piperazine rings is 1. The summed E-state index contributed by atoms with van der Waals surface area (Å²) in [6.45, 7) is 2.71. The lowest BCUT2D eigenvalue weighted by Gasteiger charge is -2.35. The highest BCUT2D eigenvalue weighted by Gasteiger charge is 2.33. The van der Waals surface area contributed by atoms with Crippen LogP contribution in [0.1, 0.15) is 15.9 Å². The van der Waals surface area contributed by atoms with Crippen LogP contribution in [0, 0.1) is 20.2 Å². The summed E-state index contributed by atoms with van der Waals surface area (Å²) in [4.78, 5) is 36.8. The van der Waals surface area contributed by atoms with Crippen molar-refractivity contribution in [2.75, 3.05) is 31.1 Å². The average molecular weight is 405 g/mol. The van der Waals surface area contributed by atoms with E-state index >= 15 is 0 Å². The molecule has 1 heterocycles. The molecule has 0 amide bonds. The lowest BCUT2D eigenvalue weighted by Crippen LogP contribution is -2.46. The van der Waals surface area contributed by atoms with E-state index in [0.717, 1.165) is 24.2 Å². The zero-order valence-corrected chi connectivity index (χ0v) is 15.5. The van der Waals surface area contributed by atoms with Crippen LogP contribution in [-0.4, -0.2) is 46.2 Å². The van der Waals surface area contributed by atoms with Gasteiger partial charge in [0.05, 0.1) is 9.85 Å². The fourth-order valence-electron chi connectivity index (χ4n) is 3.29.